The van der Waals surface area contributed by atoms with Crippen LogP contribution in [0.5, 0.6) is 0 Å². The van der Waals surface area contributed by atoms with Crippen LogP contribution in [0.3, 0.4) is 0 Å². The van der Waals surface area contributed by atoms with Gasteiger partial charge in [-0.05, 0) is 76.8 Å². The molecule has 46 heavy (non-hydrogen) atoms. The maximum absolute atomic E-state index is 12.5. The van der Waals surface area contributed by atoms with Crippen LogP contribution in [0.2, 0.25) is 0 Å². The Kier molecular flexibility index (Phi) is 16.2. The smallest absolute Gasteiger partial charge is 0.409 e. The number of Topliss-reactive ketones (excluding diaryl/α,β-unsaturated/α-hetero) is 1. The van der Waals surface area contributed by atoms with Gasteiger partial charge in [0.25, 0.3) is 0 Å². The van der Waals surface area contributed by atoms with Crippen molar-refractivity contribution in [3.05, 3.63) is 23.8 Å². The molecule has 274 valence electrons. The second-order valence-electron chi connectivity index (χ2n) is 14.0. The van der Waals surface area contributed by atoms with E-state index in [1.807, 2.05) is 0 Å². The number of epoxide rings is 1. The third-order valence-corrected chi connectivity index (χ3v) is 9.78. The summed E-state index contributed by atoms with van der Waals surface area (Å²) >= 11 is 0. The van der Waals surface area contributed by atoms with E-state index in [0.29, 0.717) is 51.0 Å². The number of rotatable bonds is 18. The molecule has 0 bridgehead atoms. The number of aliphatic hydroxyl groups excluding tert-OH is 1. The summed E-state index contributed by atoms with van der Waals surface area (Å²) in [5.41, 5.74) is 0.999. The summed E-state index contributed by atoms with van der Waals surface area (Å²) in [6.07, 6.45) is 11.1. The van der Waals surface area contributed by atoms with Gasteiger partial charge >= 0.3 is 6.09 Å². The minimum atomic E-state index is -0.536. The van der Waals surface area contributed by atoms with Gasteiger partial charge in [-0.15, -0.1) is 0 Å². The van der Waals surface area contributed by atoms with Crippen molar-refractivity contribution in [1.29, 1.82) is 0 Å². The first-order chi connectivity index (χ1) is 21.9. The summed E-state index contributed by atoms with van der Waals surface area (Å²) < 4.78 is 29.0. The minimum absolute atomic E-state index is 0. The lowest BCUT2D eigenvalue weighted by atomic mass is 9.85. The fourth-order valence-corrected chi connectivity index (χ4v) is 7.13. The average molecular weight is 661 g/mol. The predicted molar refractivity (Wildman–Crippen MR) is 189 cm³/mol. The molecule has 3 aliphatic rings. The molecule has 0 aromatic carbocycles. The molecule has 3 aliphatic heterocycles. The predicted octanol–water partition coefficient (Wildman–Crippen LogP) is 6.31. The van der Waals surface area contributed by atoms with Gasteiger partial charge in [0.2, 0.25) is 0 Å². The maximum atomic E-state index is 12.5. The van der Waals surface area contributed by atoms with Crippen LogP contribution >= 0.6 is 0 Å². The van der Waals surface area contributed by atoms with Crippen LogP contribution < -0.4 is 5.32 Å². The average Bonchev–Trinajstić information content (AvgIpc) is 3.75. The lowest BCUT2D eigenvalue weighted by Crippen LogP contribution is -2.36. The van der Waals surface area contributed by atoms with Gasteiger partial charge in [-0.25, -0.2) is 4.79 Å². The van der Waals surface area contributed by atoms with E-state index in [-0.39, 0.29) is 61.6 Å². The van der Waals surface area contributed by atoms with E-state index in [0.717, 1.165) is 45.2 Å². The number of amides is 1. The number of allylic oxidation sites excluding steroid dienone is 3. The maximum Gasteiger partial charge on any atom is 0.409 e. The van der Waals surface area contributed by atoms with E-state index >= 15 is 0 Å². The zero-order valence-corrected chi connectivity index (χ0v) is 29.5. The number of carbonyl (C=O) groups excluding carboxylic acids is 2. The van der Waals surface area contributed by atoms with Gasteiger partial charge in [0.15, 0.2) is 0 Å². The van der Waals surface area contributed by atoms with Gasteiger partial charge < -0.3 is 39.0 Å². The summed E-state index contributed by atoms with van der Waals surface area (Å²) in [7, 11) is 1.64. The molecule has 3 saturated heterocycles. The van der Waals surface area contributed by atoms with Crippen molar-refractivity contribution in [1.82, 2.24) is 10.2 Å². The molecular formula is C36H72N2O8. The standard InChI is InChI=1S/C36H62N2O8.5H2/c1-25(24-36(6)34(46-36)28(4)33(42-7)29(5)39)10-8-11-26(2)32-27(3)12-14-31(45-32)15-13-30(40)16-21-43-22-23-44-35(41)38-19-9-17-37-18-20-38;;;;;/h8,10-11,25,27-29,31-34,37,39H,9,12-24H2,1-7H3;5*1H/b10-8+,26-11+;;;;;/t25-,27+,28-,29-,31-,32-,33-,34-,36-;;;;;/m1...../s1. The first-order valence-corrected chi connectivity index (χ1v) is 17.6. The quantitative estimate of drug-likeness (QED) is 0.0991. The zero-order chi connectivity index (χ0) is 33.7. The van der Waals surface area contributed by atoms with Crippen molar-refractivity contribution in [3.63, 3.8) is 0 Å². The summed E-state index contributed by atoms with van der Waals surface area (Å²) in [6.45, 7) is 16.5. The number of nitrogens with zero attached hydrogens (tertiary/aromatic N) is 1. The molecule has 0 aliphatic carbocycles. The largest absolute Gasteiger partial charge is 0.447 e. The highest BCUT2D eigenvalue weighted by molar-refractivity contribution is 5.78. The van der Waals surface area contributed by atoms with Crippen molar-refractivity contribution in [2.75, 3.05) is 53.1 Å². The first-order valence-electron chi connectivity index (χ1n) is 17.6. The Morgan fingerprint density at radius 1 is 1.13 bits per heavy atom. The van der Waals surface area contributed by atoms with Crippen LogP contribution in [0, 0.1) is 17.8 Å². The molecule has 10 heteroatoms. The third-order valence-electron chi connectivity index (χ3n) is 9.78. The lowest BCUT2D eigenvalue weighted by molar-refractivity contribution is -0.122. The van der Waals surface area contributed by atoms with Crippen LogP contribution in [0.25, 0.3) is 0 Å². The highest BCUT2D eigenvalue weighted by Crippen LogP contribution is 2.47. The van der Waals surface area contributed by atoms with E-state index in [4.69, 9.17) is 23.7 Å². The Morgan fingerprint density at radius 3 is 2.65 bits per heavy atom. The van der Waals surface area contributed by atoms with Crippen LogP contribution in [-0.4, -0.2) is 111 Å². The van der Waals surface area contributed by atoms with Gasteiger partial charge in [-0.1, -0.05) is 39.0 Å². The molecule has 1 amide bonds. The number of aliphatic hydroxyl groups is 1. The fraction of sp³-hybridized carbons (Fsp3) is 0.833. The van der Waals surface area contributed by atoms with E-state index in [9.17, 15) is 14.7 Å². The van der Waals surface area contributed by atoms with E-state index < -0.39 is 6.10 Å². The van der Waals surface area contributed by atoms with E-state index in [1.54, 1.807) is 18.9 Å². The number of hydrogen-bond acceptors (Lipinski definition) is 9. The third kappa shape index (κ3) is 12.3. The molecule has 3 rings (SSSR count). The molecule has 3 heterocycles. The Hall–Kier alpha value is -1.82. The summed E-state index contributed by atoms with van der Waals surface area (Å²) in [6, 6.07) is 0. The Balaban J connectivity index is -0.00000461. The fourth-order valence-electron chi connectivity index (χ4n) is 7.13. The molecule has 0 radical (unpaired) electrons. The van der Waals surface area contributed by atoms with Gasteiger partial charge in [-0.2, -0.15) is 0 Å². The summed E-state index contributed by atoms with van der Waals surface area (Å²) in [5.74, 6) is 1.05. The van der Waals surface area contributed by atoms with Crippen molar-refractivity contribution < 1.29 is 45.5 Å². The SMILES string of the molecule is CO[C@H]([C@@H](C)[C@H]1O[C@]1(C)C[C@H](C)/C=C/C=C(\C)[C@H]1O[C@@H](CCC(=O)CCOCCOC(=O)N2CCCNCC2)CC[C@@H]1C)[C@@H](C)O.[HH].[HH].[HH].[HH].[HH]. The number of ether oxygens (including phenoxy) is 5. The number of hydrogen-bond donors (Lipinski definition) is 2. The molecule has 0 aromatic heterocycles. The zero-order valence-electron chi connectivity index (χ0n) is 29.5. The molecule has 2 N–H and O–H groups in total. The molecule has 0 unspecified atom stereocenters. The number of methoxy groups -OCH3 is 1. The van der Waals surface area contributed by atoms with Crippen molar-refractivity contribution >= 4 is 11.9 Å². The molecule has 10 nitrogen and oxygen atoms in total. The normalized spacial score (nSPS) is 30.0. The number of carbonyl (C=O) groups is 2. The Labute approximate surface area is 285 Å². The molecule has 0 aromatic rings. The van der Waals surface area contributed by atoms with Gasteiger partial charge in [0.1, 0.15) is 12.4 Å². The minimum Gasteiger partial charge on any atom is -0.447 e. The van der Waals surface area contributed by atoms with Crippen LogP contribution in [0.4, 0.5) is 4.79 Å². The molecular weight excluding hydrogens is 588 g/mol. The van der Waals surface area contributed by atoms with Crippen LogP contribution in [-0.2, 0) is 28.5 Å². The van der Waals surface area contributed by atoms with E-state index in [1.165, 1.54) is 5.57 Å². The topological polar surface area (TPSA) is 119 Å². The van der Waals surface area contributed by atoms with Crippen LogP contribution in [0.1, 0.15) is 93.6 Å². The van der Waals surface area contributed by atoms with Gasteiger partial charge in [0.05, 0.1) is 49.3 Å². The molecule has 0 spiro atoms. The first kappa shape index (κ1) is 38.6. The summed E-state index contributed by atoms with van der Waals surface area (Å²) in [4.78, 5) is 26.4. The molecule has 3 fully saturated rings. The second kappa shape index (κ2) is 19.2. The highest BCUT2D eigenvalue weighted by atomic mass is 16.6. The number of ketones is 1. The van der Waals surface area contributed by atoms with Crippen molar-refractivity contribution in [2.24, 2.45) is 17.8 Å². The highest BCUT2D eigenvalue weighted by Gasteiger charge is 2.56. The van der Waals surface area contributed by atoms with E-state index in [2.05, 4.69) is 58.2 Å². The monoisotopic (exact) mass is 661 g/mol. The second-order valence-corrected chi connectivity index (χ2v) is 14.0. The Bertz CT molecular complexity index is 1020. The van der Waals surface area contributed by atoms with Gasteiger partial charge in [-0.3, -0.25) is 4.79 Å². The Morgan fingerprint density at radius 2 is 1.91 bits per heavy atom. The summed E-state index contributed by atoms with van der Waals surface area (Å²) in [5, 5.41) is 13.3. The molecule has 0 saturated carbocycles. The van der Waals surface area contributed by atoms with Gasteiger partial charge in [0, 0.05) is 52.6 Å². The number of nitrogens with one attached hydrogen (secondary N) is 1. The van der Waals surface area contributed by atoms with Crippen molar-refractivity contribution in [3.8, 4) is 0 Å². The van der Waals surface area contributed by atoms with Crippen LogP contribution in [0.15, 0.2) is 23.8 Å². The lowest BCUT2D eigenvalue weighted by Gasteiger charge is -2.35. The van der Waals surface area contributed by atoms with Crippen molar-refractivity contribution in [2.45, 2.75) is 123 Å². The molecule has 9 atom stereocenters.